The number of carbonyl (C=O) groups excluding carboxylic acids is 1. The van der Waals surface area contributed by atoms with Crippen molar-refractivity contribution >= 4 is 34.4 Å². The van der Waals surface area contributed by atoms with Gasteiger partial charge in [0.1, 0.15) is 0 Å². The number of hydrogen-bond acceptors (Lipinski definition) is 3. The van der Waals surface area contributed by atoms with E-state index in [1.807, 2.05) is 55.6 Å². The molecule has 2 N–H and O–H groups in total. The first-order valence-electron chi connectivity index (χ1n) is 7.99. The van der Waals surface area contributed by atoms with Crippen molar-refractivity contribution in [2.45, 2.75) is 13.3 Å². The summed E-state index contributed by atoms with van der Waals surface area (Å²) in [6.45, 7) is 2.00. The first-order valence-corrected chi connectivity index (χ1v) is 9.38. The largest absolute Gasteiger partial charge is 0.481 e. The Bertz CT molecular complexity index is 711. The Morgan fingerprint density at radius 3 is 2.58 bits per heavy atom. The normalized spacial score (nSPS) is 13.4. The zero-order valence-electron chi connectivity index (χ0n) is 14.0. The third-order valence-electron chi connectivity index (χ3n) is 4.08. The number of fused-ring (bicyclic) bond motifs is 1. The van der Waals surface area contributed by atoms with Crippen molar-refractivity contribution < 1.29 is 14.7 Å². The highest BCUT2D eigenvalue weighted by atomic mass is 32.2. The van der Waals surface area contributed by atoms with E-state index in [4.69, 9.17) is 0 Å². The molecule has 0 saturated heterocycles. The zero-order valence-corrected chi connectivity index (χ0v) is 14.8. The van der Waals surface area contributed by atoms with Crippen LogP contribution in [0.2, 0.25) is 0 Å². The van der Waals surface area contributed by atoms with Crippen molar-refractivity contribution in [3.63, 3.8) is 0 Å². The number of hydrogen-bond donors (Lipinski definition) is 2. The van der Waals surface area contributed by atoms with E-state index in [-0.39, 0.29) is 18.4 Å². The van der Waals surface area contributed by atoms with Crippen LogP contribution in [0, 0.1) is 11.8 Å². The average molecular weight is 345 g/mol. The number of carbonyl (C=O) groups is 2. The molecule has 0 radical (unpaired) electrons. The lowest BCUT2D eigenvalue weighted by Crippen LogP contribution is -2.37. The standard InChI is InChI=1S/C19H23NO3S/c1-13(12-24-2)18(21)20-11-16(19(22)23)10-15-8-5-7-14-6-3-4-9-17(14)15/h3-9,13,16H,10-12H2,1-2H3,(H,20,21)(H,22,23). The first-order chi connectivity index (χ1) is 11.5. The number of rotatable bonds is 8. The number of thioether (sulfide) groups is 1. The second kappa shape index (κ2) is 8.73. The number of aliphatic carboxylic acids is 1. The second-order valence-corrected chi connectivity index (χ2v) is 6.89. The van der Waals surface area contributed by atoms with Crippen molar-refractivity contribution in [3.05, 3.63) is 48.0 Å². The van der Waals surface area contributed by atoms with Gasteiger partial charge in [-0.1, -0.05) is 49.4 Å². The summed E-state index contributed by atoms with van der Waals surface area (Å²) >= 11 is 1.61. The van der Waals surface area contributed by atoms with E-state index < -0.39 is 11.9 Å². The fourth-order valence-electron chi connectivity index (χ4n) is 2.71. The van der Waals surface area contributed by atoms with Crippen LogP contribution in [-0.2, 0) is 16.0 Å². The maximum Gasteiger partial charge on any atom is 0.308 e. The quantitative estimate of drug-likeness (QED) is 0.771. The smallest absolute Gasteiger partial charge is 0.308 e. The summed E-state index contributed by atoms with van der Waals surface area (Å²) in [6.07, 6.45) is 2.35. The minimum Gasteiger partial charge on any atom is -0.481 e. The van der Waals surface area contributed by atoms with Crippen LogP contribution < -0.4 is 5.32 Å². The molecule has 4 nitrogen and oxygen atoms in total. The van der Waals surface area contributed by atoms with Gasteiger partial charge in [0.2, 0.25) is 5.91 Å². The molecule has 0 spiro atoms. The molecule has 2 unspecified atom stereocenters. The average Bonchev–Trinajstić information content (AvgIpc) is 2.58. The van der Waals surface area contributed by atoms with Gasteiger partial charge in [-0.15, -0.1) is 0 Å². The van der Waals surface area contributed by atoms with Gasteiger partial charge in [0.25, 0.3) is 0 Å². The van der Waals surface area contributed by atoms with Gasteiger partial charge in [-0.2, -0.15) is 11.8 Å². The van der Waals surface area contributed by atoms with Gasteiger partial charge in [0, 0.05) is 18.2 Å². The van der Waals surface area contributed by atoms with E-state index in [0.29, 0.717) is 6.42 Å². The molecular weight excluding hydrogens is 322 g/mol. The predicted octanol–water partition coefficient (Wildman–Crippen LogP) is 3.20. The molecule has 0 heterocycles. The molecule has 0 aliphatic heterocycles. The van der Waals surface area contributed by atoms with Crippen LogP contribution in [0.4, 0.5) is 0 Å². The van der Waals surface area contributed by atoms with E-state index in [2.05, 4.69) is 5.32 Å². The Morgan fingerprint density at radius 1 is 1.17 bits per heavy atom. The summed E-state index contributed by atoms with van der Waals surface area (Å²) in [6, 6.07) is 13.8. The molecule has 2 atom stereocenters. The van der Waals surface area contributed by atoms with Crippen LogP contribution in [-0.4, -0.2) is 35.5 Å². The molecule has 0 aromatic heterocycles. The summed E-state index contributed by atoms with van der Waals surface area (Å²) in [5.41, 5.74) is 0.993. The molecule has 1 amide bonds. The summed E-state index contributed by atoms with van der Waals surface area (Å²) in [5, 5.41) is 14.4. The van der Waals surface area contributed by atoms with Crippen LogP contribution >= 0.6 is 11.8 Å². The van der Waals surface area contributed by atoms with Crippen molar-refractivity contribution in [2.75, 3.05) is 18.6 Å². The molecule has 0 fully saturated rings. The highest BCUT2D eigenvalue weighted by Gasteiger charge is 2.21. The van der Waals surface area contributed by atoms with Crippen LogP contribution in [0.3, 0.4) is 0 Å². The van der Waals surface area contributed by atoms with E-state index >= 15 is 0 Å². The molecule has 2 aromatic rings. The monoisotopic (exact) mass is 345 g/mol. The van der Waals surface area contributed by atoms with E-state index in [1.165, 1.54) is 0 Å². The molecule has 0 bridgehead atoms. The van der Waals surface area contributed by atoms with Gasteiger partial charge in [-0.25, -0.2) is 0 Å². The SMILES string of the molecule is CSCC(C)C(=O)NCC(Cc1cccc2ccccc12)C(=O)O. The number of nitrogens with one attached hydrogen (secondary N) is 1. The Labute approximate surface area is 146 Å². The molecular formula is C19H23NO3S. The van der Waals surface area contributed by atoms with Gasteiger partial charge in [0.05, 0.1) is 5.92 Å². The van der Waals surface area contributed by atoms with Crippen LogP contribution in [0.15, 0.2) is 42.5 Å². The van der Waals surface area contributed by atoms with Crippen molar-refractivity contribution in [1.29, 1.82) is 0 Å². The van der Waals surface area contributed by atoms with Gasteiger partial charge in [-0.3, -0.25) is 9.59 Å². The zero-order chi connectivity index (χ0) is 17.5. The lowest BCUT2D eigenvalue weighted by molar-refractivity contribution is -0.141. The summed E-state index contributed by atoms with van der Waals surface area (Å²) in [5.74, 6) is -1.00. The third-order valence-corrected chi connectivity index (χ3v) is 4.92. The van der Waals surface area contributed by atoms with Crippen molar-refractivity contribution in [2.24, 2.45) is 11.8 Å². The van der Waals surface area contributed by atoms with Crippen LogP contribution in [0.25, 0.3) is 10.8 Å². The van der Waals surface area contributed by atoms with Gasteiger partial charge in [-0.05, 0) is 29.0 Å². The Morgan fingerprint density at radius 2 is 1.88 bits per heavy atom. The number of carboxylic acid groups (broad SMARTS) is 1. The lowest BCUT2D eigenvalue weighted by atomic mass is 9.94. The number of carboxylic acids is 1. The minimum absolute atomic E-state index is 0.0893. The van der Waals surface area contributed by atoms with Gasteiger partial charge >= 0.3 is 5.97 Å². The summed E-state index contributed by atoms with van der Waals surface area (Å²) < 4.78 is 0. The first kappa shape index (κ1) is 18.3. The Hall–Kier alpha value is -2.01. The van der Waals surface area contributed by atoms with Crippen molar-refractivity contribution in [1.82, 2.24) is 5.32 Å². The van der Waals surface area contributed by atoms with Crippen molar-refractivity contribution in [3.8, 4) is 0 Å². The summed E-state index contributed by atoms with van der Waals surface area (Å²) in [7, 11) is 0. The fraction of sp³-hybridized carbons (Fsp3) is 0.368. The molecule has 128 valence electrons. The number of amides is 1. The van der Waals surface area contributed by atoms with Crippen LogP contribution in [0.5, 0.6) is 0 Å². The highest BCUT2D eigenvalue weighted by molar-refractivity contribution is 7.98. The van der Waals surface area contributed by atoms with Gasteiger partial charge < -0.3 is 10.4 Å². The molecule has 2 aromatic carbocycles. The third kappa shape index (κ3) is 4.74. The maximum absolute atomic E-state index is 12.0. The minimum atomic E-state index is -0.888. The molecule has 2 rings (SSSR count). The summed E-state index contributed by atoms with van der Waals surface area (Å²) in [4.78, 5) is 23.6. The Kier molecular flexibility index (Phi) is 6.67. The number of benzene rings is 2. The predicted molar refractivity (Wildman–Crippen MR) is 99.3 cm³/mol. The molecule has 0 aliphatic rings. The lowest BCUT2D eigenvalue weighted by Gasteiger charge is -2.17. The van der Waals surface area contributed by atoms with E-state index in [9.17, 15) is 14.7 Å². The maximum atomic E-state index is 12.0. The molecule has 0 saturated carbocycles. The second-order valence-electron chi connectivity index (χ2n) is 5.98. The molecule has 5 heteroatoms. The topological polar surface area (TPSA) is 66.4 Å². The molecule has 24 heavy (non-hydrogen) atoms. The fourth-order valence-corrected chi connectivity index (χ4v) is 3.36. The van der Waals surface area contributed by atoms with Crippen LogP contribution in [0.1, 0.15) is 12.5 Å². The van der Waals surface area contributed by atoms with E-state index in [0.717, 1.165) is 22.1 Å². The van der Waals surface area contributed by atoms with Gasteiger partial charge in [0.15, 0.2) is 0 Å². The Balaban J connectivity index is 2.08. The molecule has 0 aliphatic carbocycles. The van der Waals surface area contributed by atoms with E-state index in [1.54, 1.807) is 11.8 Å². The highest BCUT2D eigenvalue weighted by Crippen LogP contribution is 2.21.